The average molecular weight is 237 g/mol. The second-order valence-electron chi connectivity index (χ2n) is 3.46. The highest BCUT2D eigenvalue weighted by atomic mass is 16.5. The van der Waals surface area contributed by atoms with E-state index in [2.05, 4.69) is 5.32 Å². The van der Waals surface area contributed by atoms with Crippen molar-refractivity contribution in [3.63, 3.8) is 0 Å². The van der Waals surface area contributed by atoms with Crippen LogP contribution in [0, 0.1) is 6.92 Å². The molecule has 0 aliphatic carbocycles. The number of hydrogen-bond donors (Lipinski definition) is 1. The molecule has 17 heavy (non-hydrogen) atoms. The van der Waals surface area contributed by atoms with Crippen LogP contribution >= 0.6 is 0 Å². The minimum atomic E-state index is -0.651. The fourth-order valence-corrected chi connectivity index (χ4v) is 1.50. The Bertz CT molecular complexity index is 429. The molecule has 0 aliphatic rings. The van der Waals surface area contributed by atoms with Gasteiger partial charge in [-0.3, -0.25) is 9.59 Å². The molecule has 0 heterocycles. The summed E-state index contributed by atoms with van der Waals surface area (Å²) in [5.41, 5.74) is 1.75. The van der Waals surface area contributed by atoms with Crippen molar-refractivity contribution in [2.24, 2.45) is 0 Å². The lowest BCUT2D eigenvalue weighted by atomic mass is 10.1. The van der Waals surface area contributed by atoms with Gasteiger partial charge in [0.15, 0.2) is 0 Å². The first-order chi connectivity index (χ1) is 8.12. The number of carbonyl (C=O) groups is 2. The quantitative estimate of drug-likeness (QED) is 0.608. The molecule has 0 unspecified atom stereocenters. The molecule has 92 valence electrons. The molecule has 0 bridgehead atoms. The van der Waals surface area contributed by atoms with Crippen LogP contribution in [-0.4, -0.2) is 26.4 Å². The van der Waals surface area contributed by atoms with Gasteiger partial charge in [0.2, 0.25) is 6.29 Å². The molecule has 1 aromatic carbocycles. The highest BCUT2D eigenvalue weighted by Gasteiger charge is 2.10. The molecule has 1 amide bonds. The van der Waals surface area contributed by atoms with Gasteiger partial charge >= 0.3 is 0 Å². The van der Waals surface area contributed by atoms with E-state index >= 15 is 0 Å². The first kappa shape index (κ1) is 13.0. The lowest BCUT2D eigenvalue weighted by Crippen LogP contribution is -2.24. The molecule has 0 fully saturated rings. The van der Waals surface area contributed by atoms with Crippen molar-refractivity contribution in [3.8, 4) is 11.5 Å². The molecule has 0 spiro atoms. The van der Waals surface area contributed by atoms with Crippen LogP contribution < -0.4 is 14.8 Å². The Hall–Kier alpha value is -2.04. The highest BCUT2D eigenvalue weighted by Crippen LogP contribution is 2.28. The predicted octanol–water partition coefficient (Wildman–Crippen LogP) is 0.827. The van der Waals surface area contributed by atoms with Crippen LogP contribution in [0.25, 0.3) is 0 Å². The molecule has 0 saturated carbocycles. The van der Waals surface area contributed by atoms with E-state index in [-0.39, 0.29) is 12.8 Å². The molecule has 0 aliphatic heterocycles. The second-order valence-corrected chi connectivity index (χ2v) is 3.46. The number of aldehydes is 1. The van der Waals surface area contributed by atoms with E-state index in [0.717, 1.165) is 11.1 Å². The number of ether oxygens (including phenoxy) is 2. The van der Waals surface area contributed by atoms with Crippen molar-refractivity contribution < 1.29 is 19.1 Å². The van der Waals surface area contributed by atoms with Crippen molar-refractivity contribution in [1.82, 2.24) is 5.32 Å². The molecule has 1 N–H and O–H groups in total. The molecule has 0 radical (unpaired) electrons. The first-order valence-corrected chi connectivity index (χ1v) is 5.07. The fraction of sp³-hybridized carbons (Fsp3) is 0.333. The maximum absolute atomic E-state index is 10.9. The smallest absolute Gasteiger partial charge is 0.284 e. The van der Waals surface area contributed by atoms with Gasteiger partial charge in [0.05, 0.1) is 14.2 Å². The molecule has 0 saturated heterocycles. The van der Waals surface area contributed by atoms with Gasteiger partial charge in [-0.05, 0) is 18.6 Å². The Balaban J connectivity index is 2.97. The summed E-state index contributed by atoms with van der Waals surface area (Å²) in [7, 11) is 3.11. The monoisotopic (exact) mass is 237 g/mol. The van der Waals surface area contributed by atoms with E-state index in [1.165, 1.54) is 0 Å². The van der Waals surface area contributed by atoms with Crippen LogP contribution in [0.1, 0.15) is 11.1 Å². The zero-order chi connectivity index (χ0) is 12.8. The molecule has 1 rings (SSSR count). The third kappa shape index (κ3) is 3.21. The van der Waals surface area contributed by atoms with E-state index in [9.17, 15) is 9.59 Å². The summed E-state index contributed by atoms with van der Waals surface area (Å²) in [6.07, 6.45) is 0.241. The zero-order valence-electron chi connectivity index (χ0n) is 10.1. The number of nitrogens with one attached hydrogen (secondary N) is 1. The van der Waals surface area contributed by atoms with Crippen molar-refractivity contribution in [1.29, 1.82) is 0 Å². The summed E-state index contributed by atoms with van der Waals surface area (Å²) >= 11 is 0. The van der Waals surface area contributed by atoms with Crippen LogP contribution in [0.3, 0.4) is 0 Å². The van der Waals surface area contributed by atoms with Gasteiger partial charge in [-0.25, -0.2) is 0 Å². The normalized spacial score (nSPS) is 9.59. The first-order valence-electron chi connectivity index (χ1n) is 5.07. The topological polar surface area (TPSA) is 64.6 Å². The number of amides is 1. The Morgan fingerprint density at radius 2 is 2.06 bits per heavy atom. The lowest BCUT2D eigenvalue weighted by molar-refractivity contribution is -0.131. The van der Waals surface area contributed by atoms with Crippen molar-refractivity contribution in [2.75, 3.05) is 14.2 Å². The van der Waals surface area contributed by atoms with Gasteiger partial charge in [-0.2, -0.15) is 0 Å². The molecule has 0 atom stereocenters. The summed E-state index contributed by atoms with van der Waals surface area (Å²) in [6.45, 7) is 2.13. The predicted molar refractivity (Wildman–Crippen MR) is 62.2 cm³/mol. The minimum Gasteiger partial charge on any atom is -0.497 e. The zero-order valence-corrected chi connectivity index (χ0v) is 10.1. The van der Waals surface area contributed by atoms with E-state index in [4.69, 9.17) is 9.47 Å². The maximum atomic E-state index is 10.9. The van der Waals surface area contributed by atoms with Gasteiger partial charge in [0.1, 0.15) is 11.5 Å². The van der Waals surface area contributed by atoms with E-state index in [0.29, 0.717) is 11.5 Å². The summed E-state index contributed by atoms with van der Waals surface area (Å²) in [4.78, 5) is 21.1. The van der Waals surface area contributed by atoms with Crippen LogP contribution in [-0.2, 0) is 16.1 Å². The fourth-order valence-electron chi connectivity index (χ4n) is 1.50. The molecule has 1 aromatic rings. The van der Waals surface area contributed by atoms with E-state index < -0.39 is 5.91 Å². The number of benzene rings is 1. The summed E-state index contributed by atoms with van der Waals surface area (Å²) in [5, 5.41) is 2.47. The molecule has 0 aromatic heterocycles. The minimum absolute atomic E-state index is 0.241. The molecule has 5 heteroatoms. The number of hydrogen-bond acceptors (Lipinski definition) is 4. The van der Waals surface area contributed by atoms with Gasteiger partial charge in [-0.15, -0.1) is 0 Å². The van der Waals surface area contributed by atoms with Gasteiger partial charge in [-0.1, -0.05) is 0 Å². The molecular weight excluding hydrogens is 222 g/mol. The number of rotatable bonds is 5. The third-order valence-electron chi connectivity index (χ3n) is 2.41. The number of aryl methyl sites for hydroxylation is 1. The lowest BCUT2D eigenvalue weighted by Gasteiger charge is -2.13. The van der Waals surface area contributed by atoms with E-state index in [1.807, 2.05) is 13.0 Å². The number of methoxy groups -OCH3 is 2. The summed E-state index contributed by atoms with van der Waals surface area (Å²) in [5.74, 6) is 0.653. The Morgan fingerprint density at radius 1 is 1.35 bits per heavy atom. The van der Waals surface area contributed by atoms with Gasteiger partial charge in [0.25, 0.3) is 5.91 Å². The van der Waals surface area contributed by atoms with Gasteiger partial charge < -0.3 is 14.8 Å². The maximum Gasteiger partial charge on any atom is 0.284 e. The van der Waals surface area contributed by atoms with Crippen molar-refractivity contribution in [2.45, 2.75) is 13.5 Å². The standard InChI is InChI=1S/C12H15NO4/c1-8-4-9(16-2)5-11(17-3)10(8)6-13-12(15)7-14/h4-5,7H,6H2,1-3H3,(H,13,15). The summed E-state index contributed by atoms with van der Waals surface area (Å²) in [6, 6.07) is 3.57. The average Bonchev–Trinajstić information content (AvgIpc) is 2.35. The third-order valence-corrected chi connectivity index (χ3v) is 2.41. The summed E-state index contributed by atoms with van der Waals surface area (Å²) < 4.78 is 10.3. The Labute approximate surface area is 99.7 Å². The number of carbonyl (C=O) groups excluding carboxylic acids is 2. The SMILES string of the molecule is COc1cc(C)c(CNC(=O)C=O)c(OC)c1. The Morgan fingerprint density at radius 3 is 2.59 bits per heavy atom. The Kier molecular flexibility index (Phi) is 4.51. The van der Waals surface area contributed by atoms with Crippen molar-refractivity contribution in [3.05, 3.63) is 23.3 Å². The van der Waals surface area contributed by atoms with Crippen LogP contribution in [0.4, 0.5) is 0 Å². The molecule has 5 nitrogen and oxygen atoms in total. The van der Waals surface area contributed by atoms with E-state index in [1.54, 1.807) is 20.3 Å². The van der Waals surface area contributed by atoms with Gasteiger partial charge in [0, 0.05) is 18.2 Å². The van der Waals surface area contributed by atoms with Crippen molar-refractivity contribution >= 4 is 12.2 Å². The van der Waals surface area contributed by atoms with Crippen LogP contribution in [0.15, 0.2) is 12.1 Å². The molecular formula is C12H15NO4. The largest absolute Gasteiger partial charge is 0.497 e. The second kappa shape index (κ2) is 5.89. The van der Waals surface area contributed by atoms with Crippen LogP contribution in [0.2, 0.25) is 0 Å². The highest BCUT2D eigenvalue weighted by molar-refractivity contribution is 6.23. The van der Waals surface area contributed by atoms with Crippen LogP contribution in [0.5, 0.6) is 11.5 Å².